The van der Waals surface area contributed by atoms with Crippen LogP contribution in [0.1, 0.15) is 41.2 Å². The first-order valence-electron chi connectivity index (χ1n) is 14.8. The van der Waals surface area contributed by atoms with Crippen LogP contribution in [-0.2, 0) is 41.1 Å². The fourth-order valence-corrected chi connectivity index (χ4v) is 7.70. The molecule has 1 atom stereocenters. The maximum Gasteiger partial charge on any atom is 0.343 e. The molecule has 4 aromatic rings. The molecule has 0 bridgehead atoms. The summed E-state index contributed by atoms with van der Waals surface area (Å²) < 4.78 is 18.3. The molecule has 8 rings (SSSR count). The van der Waals surface area contributed by atoms with Crippen molar-refractivity contribution in [3.05, 3.63) is 80.6 Å². The highest BCUT2D eigenvalue weighted by atomic mass is 32.2. The number of anilines is 1. The highest BCUT2D eigenvalue weighted by Crippen LogP contribution is 2.43. The zero-order chi connectivity index (χ0) is 29.3. The number of ether oxygens (including phenoxy) is 3. The van der Waals surface area contributed by atoms with Crippen molar-refractivity contribution in [2.75, 3.05) is 36.3 Å². The number of fused-ring (bicyclic) bond motifs is 6. The largest absolute Gasteiger partial charge is 0.458 e. The van der Waals surface area contributed by atoms with E-state index >= 15 is 0 Å². The number of cyclic esters (lactones) is 1. The van der Waals surface area contributed by atoms with Crippen LogP contribution in [0.5, 0.6) is 11.5 Å². The number of thioether (sulfide) groups is 1. The lowest BCUT2D eigenvalue weighted by molar-refractivity contribution is -0.172. The molecule has 220 valence electrons. The third-order valence-corrected chi connectivity index (χ3v) is 10.2. The van der Waals surface area contributed by atoms with Gasteiger partial charge in [-0.25, -0.2) is 9.78 Å². The number of hydrogen-bond acceptors (Lipinski definition) is 9. The van der Waals surface area contributed by atoms with Gasteiger partial charge in [-0.3, -0.25) is 4.79 Å². The Morgan fingerprint density at radius 2 is 1.74 bits per heavy atom. The van der Waals surface area contributed by atoms with Crippen LogP contribution in [0.15, 0.2) is 47.3 Å². The molecular weight excluding hydrogens is 566 g/mol. The Labute approximate surface area is 252 Å². The van der Waals surface area contributed by atoms with Gasteiger partial charge in [0.05, 0.1) is 29.0 Å². The number of rotatable bonds is 5. The van der Waals surface area contributed by atoms with Crippen molar-refractivity contribution >= 4 is 34.3 Å². The minimum Gasteiger partial charge on any atom is -0.458 e. The Morgan fingerprint density at radius 1 is 0.977 bits per heavy atom. The number of carbonyl (C=O) groups is 1. The fraction of sp³-hybridized carbons (Fsp3) is 0.364. The lowest BCUT2D eigenvalue weighted by Crippen LogP contribution is -2.44. The topological polar surface area (TPSA) is 103 Å². The number of pyridine rings is 2. The second-order valence-corrected chi connectivity index (χ2v) is 12.7. The molecule has 4 aliphatic heterocycles. The van der Waals surface area contributed by atoms with E-state index in [4.69, 9.17) is 19.2 Å². The molecule has 1 saturated heterocycles. The lowest BCUT2D eigenvalue weighted by atomic mass is 9.86. The van der Waals surface area contributed by atoms with Gasteiger partial charge in [-0.15, -0.1) is 0 Å². The van der Waals surface area contributed by atoms with Gasteiger partial charge in [-0.2, -0.15) is 11.8 Å². The van der Waals surface area contributed by atoms with Crippen molar-refractivity contribution in [1.82, 2.24) is 9.55 Å². The van der Waals surface area contributed by atoms with Gasteiger partial charge < -0.3 is 28.8 Å². The molecule has 0 spiro atoms. The molecule has 0 saturated carbocycles. The minimum atomic E-state index is -1.87. The number of carbonyl (C=O) groups excluding carboxylic acids is 1. The van der Waals surface area contributed by atoms with Crippen molar-refractivity contribution in [3.63, 3.8) is 0 Å². The van der Waals surface area contributed by atoms with E-state index in [-0.39, 0.29) is 25.4 Å². The molecular formula is C33H31N3O6S. The van der Waals surface area contributed by atoms with Crippen LogP contribution in [0.3, 0.4) is 0 Å². The summed E-state index contributed by atoms with van der Waals surface area (Å²) in [5, 5.41) is 12.2. The molecule has 43 heavy (non-hydrogen) atoms. The summed E-state index contributed by atoms with van der Waals surface area (Å²) in [6.45, 7) is 4.23. The number of esters is 1. The van der Waals surface area contributed by atoms with Gasteiger partial charge in [0.1, 0.15) is 6.61 Å². The molecule has 6 heterocycles. The van der Waals surface area contributed by atoms with Gasteiger partial charge in [0.2, 0.25) is 6.79 Å². The normalized spacial score (nSPS) is 20.1. The molecule has 1 N–H and O–H groups in total. The molecule has 4 aliphatic rings. The van der Waals surface area contributed by atoms with Gasteiger partial charge in [0, 0.05) is 52.9 Å². The van der Waals surface area contributed by atoms with Gasteiger partial charge in [0.15, 0.2) is 17.1 Å². The number of aryl methyl sites for hydroxylation is 2. The third kappa shape index (κ3) is 4.14. The Bertz CT molecular complexity index is 1860. The van der Waals surface area contributed by atoms with Crippen LogP contribution < -0.4 is 19.9 Å². The second kappa shape index (κ2) is 10.0. The number of benzene rings is 2. The van der Waals surface area contributed by atoms with E-state index in [0.29, 0.717) is 40.6 Å². The third-order valence-electron chi connectivity index (χ3n) is 9.28. The van der Waals surface area contributed by atoms with Gasteiger partial charge >= 0.3 is 5.97 Å². The Hall–Kier alpha value is -4.02. The molecule has 0 radical (unpaired) electrons. The Morgan fingerprint density at radius 3 is 2.51 bits per heavy atom. The van der Waals surface area contributed by atoms with Crippen molar-refractivity contribution in [2.45, 2.75) is 44.9 Å². The summed E-state index contributed by atoms with van der Waals surface area (Å²) in [5.74, 6) is 2.93. The second-order valence-electron chi connectivity index (χ2n) is 11.5. The molecule has 1 fully saturated rings. The van der Waals surface area contributed by atoms with E-state index < -0.39 is 11.6 Å². The first kappa shape index (κ1) is 26.6. The van der Waals surface area contributed by atoms with E-state index in [9.17, 15) is 14.7 Å². The van der Waals surface area contributed by atoms with E-state index in [1.54, 1.807) is 17.6 Å². The van der Waals surface area contributed by atoms with E-state index in [1.165, 1.54) is 11.3 Å². The summed E-state index contributed by atoms with van der Waals surface area (Å²) in [4.78, 5) is 33.9. The van der Waals surface area contributed by atoms with Crippen LogP contribution in [0.4, 0.5) is 5.69 Å². The molecule has 0 amide bonds. The summed E-state index contributed by atoms with van der Waals surface area (Å²) in [7, 11) is 0. The number of hydrogen-bond donors (Lipinski definition) is 1. The predicted octanol–water partition coefficient (Wildman–Crippen LogP) is 4.15. The zero-order valence-corrected chi connectivity index (χ0v) is 24.7. The predicted molar refractivity (Wildman–Crippen MR) is 164 cm³/mol. The Kier molecular flexibility index (Phi) is 6.20. The van der Waals surface area contributed by atoms with E-state index in [0.717, 1.165) is 59.5 Å². The van der Waals surface area contributed by atoms with Crippen LogP contribution in [0.2, 0.25) is 0 Å². The molecule has 0 aliphatic carbocycles. The van der Waals surface area contributed by atoms with E-state index in [2.05, 4.69) is 29.2 Å². The van der Waals surface area contributed by atoms with Gasteiger partial charge in [-0.05, 0) is 54.7 Å². The number of aromatic nitrogens is 2. The molecule has 0 unspecified atom stereocenters. The van der Waals surface area contributed by atoms with Crippen molar-refractivity contribution in [1.29, 1.82) is 0 Å². The summed E-state index contributed by atoms with van der Waals surface area (Å²) >= 11 is 2.01. The standard InChI is InChI=1S/C33H31N3O6S/c1-2-33(39)25-14-27-30-23(16-36(27)31(37)24(25)17-40-32(33)38)21(22-13-28-29(42-18-41-28)15-26(22)34-30)8-5-19-3-6-20(7-4-19)35-9-11-43-12-10-35/h3-4,6-7,13-15,39H,2,5,8-12,16-18H2,1H3/t33-/m0/s1. The number of nitrogens with zero attached hydrogens (tertiary/aromatic N) is 3. The molecule has 9 nitrogen and oxygen atoms in total. The van der Waals surface area contributed by atoms with Gasteiger partial charge in [0.25, 0.3) is 5.56 Å². The van der Waals surface area contributed by atoms with Crippen molar-refractivity contribution in [2.24, 2.45) is 0 Å². The van der Waals surface area contributed by atoms with Crippen LogP contribution in [0.25, 0.3) is 22.3 Å². The highest BCUT2D eigenvalue weighted by molar-refractivity contribution is 7.99. The van der Waals surface area contributed by atoms with Gasteiger partial charge in [-0.1, -0.05) is 19.1 Å². The van der Waals surface area contributed by atoms with Crippen molar-refractivity contribution in [3.8, 4) is 22.9 Å². The van der Waals surface area contributed by atoms with Crippen LogP contribution in [0, 0.1) is 0 Å². The lowest BCUT2D eigenvalue weighted by Gasteiger charge is -2.31. The van der Waals surface area contributed by atoms with Crippen molar-refractivity contribution < 1.29 is 24.1 Å². The monoisotopic (exact) mass is 597 g/mol. The fourth-order valence-electron chi connectivity index (χ4n) is 6.80. The summed E-state index contributed by atoms with van der Waals surface area (Å²) in [6.07, 6.45) is 1.66. The summed E-state index contributed by atoms with van der Waals surface area (Å²) in [6, 6.07) is 14.5. The highest BCUT2D eigenvalue weighted by Gasteiger charge is 2.45. The smallest absolute Gasteiger partial charge is 0.343 e. The Balaban J connectivity index is 1.22. The molecule has 10 heteroatoms. The van der Waals surface area contributed by atoms with E-state index in [1.807, 2.05) is 23.9 Å². The summed E-state index contributed by atoms with van der Waals surface area (Å²) in [5.41, 5.74) is 5.13. The average Bonchev–Trinajstić information content (AvgIpc) is 3.65. The quantitative estimate of drug-likeness (QED) is 0.300. The molecule has 2 aromatic carbocycles. The zero-order valence-electron chi connectivity index (χ0n) is 23.9. The number of aliphatic hydroxyl groups is 1. The molecule has 2 aromatic heterocycles. The van der Waals surface area contributed by atoms with Crippen LogP contribution in [-0.4, -0.2) is 52.0 Å². The average molecular weight is 598 g/mol. The SMILES string of the molecule is CC[C@@]1(O)C(=O)OCc2c1cc1n(c2=O)Cc2c-1nc1cc3c(cc1c2CCc1ccc(N2CCSCC2)cc1)OCO3. The first-order valence-corrected chi connectivity index (χ1v) is 15.9. The maximum atomic E-state index is 13.8. The van der Waals surface area contributed by atoms with Crippen LogP contribution >= 0.6 is 11.8 Å². The first-order chi connectivity index (χ1) is 20.9. The minimum absolute atomic E-state index is 0.101. The maximum absolute atomic E-state index is 13.8.